The average molecular weight is 206 g/mol. The Morgan fingerprint density at radius 2 is 1.83 bits per heavy atom. The molecule has 0 saturated carbocycles. The van der Waals surface area contributed by atoms with E-state index in [0.717, 1.165) is 0 Å². The summed E-state index contributed by atoms with van der Waals surface area (Å²) in [7, 11) is -4.91. The summed E-state index contributed by atoms with van der Waals surface area (Å²) in [5.74, 6) is -1.80. The molecule has 0 aromatic carbocycles. The van der Waals surface area contributed by atoms with Crippen molar-refractivity contribution in [2.75, 3.05) is 6.61 Å². The Morgan fingerprint density at radius 1 is 1.33 bits per heavy atom. The van der Waals surface area contributed by atoms with E-state index in [2.05, 4.69) is 4.18 Å². The Labute approximate surface area is 64.7 Å². The lowest BCUT2D eigenvalue weighted by Gasteiger charge is -2.04. The molecule has 12 heavy (non-hydrogen) atoms. The summed E-state index contributed by atoms with van der Waals surface area (Å²) in [6.45, 7) is -1.17. The topological polar surface area (TPSA) is 43.4 Å². The monoisotopic (exact) mass is 206 g/mol. The summed E-state index contributed by atoms with van der Waals surface area (Å²) >= 11 is 0. The minimum Gasteiger partial charge on any atom is -0.259 e. The molecule has 1 aliphatic rings. The maximum Gasteiger partial charge on any atom is 0.432 e. The third kappa shape index (κ3) is 1.44. The third-order valence-electron chi connectivity index (χ3n) is 1.09. The molecule has 1 heterocycles. The van der Waals surface area contributed by atoms with Gasteiger partial charge in [-0.2, -0.15) is 21.6 Å². The highest BCUT2D eigenvalue weighted by molar-refractivity contribution is 7.91. The van der Waals surface area contributed by atoms with Crippen molar-refractivity contribution in [2.24, 2.45) is 0 Å². The van der Waals surface area contributed by atoms with Crippen molar-refractivity contribution in [1.82, 2.24) is 0 Å². The third-order valence-corrected chi connectivity index (χ3v) is 2.48. The van der Waals surface area contributed by atoms with Crippen LogP contribution in [0.5, 0.6) is 0 Å². The first kappa shape index (κ1) is 9.46. The van der Waals surface area contributed by atoms with E-state index in [4.69, 9.17) is 0 Å². The van der Waals surface area contributed by atoms with Gasteiger partial charge in [-0.15, -0.1) is 0 Å². The zero-order valence-electron chi connectivity index (χ0n) is 5.35. The largest absolute Gasteiger partial charge is 0.432 e. The van der Waals surface area contributed by atoms with Crippen LogP contribution in [-0.2, 0) is 14.3 Å². The Balaban J connectivity index is 3.27. The Kier molecular flexibility index (Phi) is 1.91. The van der Waals surface area contributed by atoms with E-state index in [1.807, 2.05) is 0 Å². The van der Waals surface area contributed by atoms with Crippen LogP contribution in [-0.4, -0.2) is 21.2 Å². The van der Waals surface area contributed by atoms with Crippen LogP contribution < -0.4 is 0 Å². The standard InChI is InChI=1S/C4H2F4O3S/c5-2-1-11-12(9,10)3(2)4(6,7)8/h1H2. The van der Waals surface area contributed by atoms with Crippen molar-refractivity contribution in [1.29, 1.82) is 0 Å². The van der Waals surface area contributed by atoms with E-state index >= 15 is 0 Å². The highest BCUT2D eigenvalue weighted by atomic mass is 32.2. The van der Waals surface area contributed by atoms with Gasteiger partial charge in [0.25, 0.3) is 0 Å². The first-order valence-electron chi connectivity index (χ1n) is 2.60. The van der Waals surface area contributed by atoms with Gasteiger partial charge in [0, 0.05) is 0 Å². The molecule has 0 unspecified atom stereocenters. The lowest BCUT2D eigenvalue weighted by atomic mass is 10.5. The summed E-state index contributed by atoms with van der Waals surface area (Å²) in [6.07, 6.45) is -5.22. The summed E-state index contributed by atoms with van der Waals surface area (Å²) in [6, 6.07) is 0. The molecular weight excluding hydrogens is 204 g/mol. The van der Waals surface area contributed by atoms with Gasteiger partial charge in [-0.1, -0.05) is 0 Å². The molecule has 0 radical (unpaired) electrons. The van der Waals surface area contributed by atoms with E-state index in [1.165, 1.54) is 0 Å². The number of hydrogen-bond acceptors (Lipinski definition) is 3. The molecule has 0 amide bonds. The van der Waals surface area contributed by atoms with Crippen molar-refractivity contribution >= 4 is 10.1 Å². The van der Waals surface area contributed by atoms with Gasteiger partial charge in [0.1, 0.15) is 6.61 Å². The fraction of sp³-hybridized carbons (Fsp3) is 0.500. The summed E-state index contributed by atoms with van der Waals surface area (Å²) in [5.41, 5.74) is 0. The van der Waals surface area contributed by atoms with Gasteiger partial charge < -0.3 is 0 Å². The van der Waals surface area contributed by atoms with Gasteiger partial charge >= 0.3 is 16.3 Å². The van der Waals surface area contributed by atoms with Crippen LogP contribution in [0.2, 0.25) is 0 Å². The zero-order chi connectivity index (χ0) is 9.57. The van der Waals surface area contributed by atoms with E-state index in [0.29, 0.717) is 0 Å². The molecule has 0 spiro atoms. The van der Waals surface area contributed by atoms with Crippen molar-refractivity contribution in [2.45, 2.75) is 6.18 Å². The average Bonchev–Trinajstić information content (AvgIpc) is 2.03. The number of hydrogen-bond donors (Lipinski definition) is 0. The lowest BCUT2D eigenvalue weighted by Crippen LogP contribution is -2.18. The first-order chi connectivity index (χ1) is 5.25. The maximum absolute atomic E-state index is 12.2. The van der Waals surface area contributed by atoms with Gasteiger partial charge in [-0.05, 0) is 0 Å². The molecule has 1 aliphatic heterocycles. The quantitative estimate of drug-likeness (QED) is 0.440. The molecule has 0 aromatic rings. The molecule has 0 aromatic heterocycles. The molecule has 0 N–H and O–H groups in total. The van der Waals surface area contributed by atoms with E-state index in [1.54, 1.807) is 0 Å². The SMILES string of the molecule is O=S1(=O)OCC(F)=C1C(F)(F)F. The minimum absolute atomic E-state index is 1.17. The van der Waals surface area contributed by atoms with Crippen LogP contribution in [0.3, 0.4) is 0 Å². The number of allylic oxidation sites excluding steroid dienone is 1. The molecule has 0 fully saturated rings. The first-order valence-corrected chi connectivity index (χ1v) is 4.01. The highest BCUT2D eigenvalue weighted by Gasteiger charge is 2.50. The summed E-state index contributed by atoms with van der Waals surface area (Å²) < 4.78 is 71.8. The van der Waals surface area contributed by atoms with E-state index in [-0.39, 0.29) is 0 Å². The molecular formula is C4H2F4O3S. The van der Waals surface area contributed by atoms with Crippen molar-refractivity contribution in [3.63, 3.8) is 0 Å². The second-order valence-corrected chi connectivity index (χ2v) is 3.50. The summed E-state index contributed by atoms with van der Waals surface area (Å²) in [4.78, 5) is -2.23. The highest BCUT2D eigenvalue weighted by Crippen LogP contribution is 2.37. The molecule has 1 rings (SSSR count). The van der Waals surface area contributed by atoms with Gasteiger partial charge in [-0.3, -0.25) is 4.18 Å². The summed E-state index contributed by atoms with van der Waals surface area (Å²) in [5, 5.41) is 0. The van der Waals surface area contributed by atoms with Crippen LogP contribution in [0, 0.1) is 0 Å². The molecule has 0 atom stereocenters. The maximum atomic E-state index is 12.2. The number of halogens is 4. The predicted molar refractivity (Wildman–Crippen MR) is 29.1 cm³/mol. The second kappa shape index (κ2) is 2.43. The van der Waals surface area contributed by atoms with E-state index < -0.39 is 33.6 Å². The Morgan fingerprint density at radius 3 is 2.00 bits per heavy atom. The number of alkyl halides is 3. The molecule has 3 nitrogen and oxygen atoms in total. The van der Waals surface area contributed by atoms with Crippen LogP contribution in [0.4, 0.5) is 17.6 Å². The number of rotatable bonds is 0. The molecule has 0 bridgehead atoms. The second-order valence-electron chi connectivity index (χ2n) is 1.95. The van der Waals surface area contributed by atoms with Gasteiger partial charge in [0.2, 0.25) is 4.91 Å². The van der Waals surface area contributed by atoms with Crippen LogP contribution in [0.25, 0.3) is 0 Å². The van der Waals surface area contributed by atoms with Gasteiger partial charge in [0.05, 0.1) is 0 Å². The predicted octanol–water partition coefficient (Wildman–Crippen LogP) is 1.09. The van der Waals surface area contributed by atoms with Crippen LogP contribution >= 0.6 is 0 Å². The Bertz CT molecular complexity index is 325. The van der Waals surface area contributed by atoms with Gasteiger partial charge in [0.15, 0.2) is 5.83 Å². The smallest absolute Gasteiger partial charge is 0.259 e. The fourth-order valence-corrected chi connectivity index (χ4v) is 1.68. The van der Waals surface area contributed by atoms with Crippen LogP contribution in [0.15, 0.2) is 10.7 Å². The van der Waals surface area contributed by atoms with Crippen molar-refractivity contribution < 1.29 is 30.2 Å². The minimum atomic E-state index is -5.22. The fourth-order valence-electron chi connectivity index (χ4n) is 0.685. The zero-order valence-corrected chi connectivity index (χ0v) is 6.17. The molecule has 0 aliphatic carbocycles. The van der Waals surface area contributed by atoms with E-state index in [9.17, 15) is 26.0 Å². The molecule has 0 saturated heterocycles. The Hall–Kier alpha value is -0.630. The van der Waals surface area contributed by atoms with Gasteiger partial charge in [-0.25, -0.2) is 4.39 Å². The van der Waals surface area contributed by atoms with Crippen molar-refractivity contribution in [3.8, 4) is 0 Å². The molecule has 70 valence electrons. The molecule has 8 heteroatoms. The normalized spacial score (nSPS) is 23.3. The van der Waals surface area contributed by atoms with Crippen LogP contribution in [0.1, 0.15) is 0 Å². The lowest BCUT2D eigenvalue weighted by molar-refractivity contribution is -0.0858. The van der Waals surface area contributed by atoms with Crippen molar-refractivity contribution in [3.05, 3.63) is 10.7 Å².